The second kappa shape index (κ2) is 3.06. The van der Waals surface area contributed by atoms with Crippen LogP contribution in [0.25, 0.3) is 11.6 Å². The van der Waals surface area contributed by atoms with E-state index < -0.39 is 0 Å². The molecule has 2 aromatic heterocycles. The number of hydrogen-bond donors (Lipinski definition) is 0. The van der Waals surface area contributed by atoms with E-state index in [0.717, 1.165) is 10.2 Å². The molecular weight excluding hydrogens is 220 g/mol. The number of aromatic nitrogens is 2. The molecule has 0 radical (unpaired) electrons. The monoisotopic (exact) mass is 224 g/mol. The SMILES string of the molecule is Brc1cccnc1-c1ncco1. The first-order chi connectivity index (χ1) is 5.88. The van der Waals surface area contributed by atoms with Crippen LogP contribution in [0.2, 0.25) is 0 Å². The Morgan fingerprint density at radius 1 is 1.25 bits per heavy atom. The highest BCUT2D eigenvalue weighted by atomic mass is 79.9. The second-order valence-corrected chi connectivity index (χ2v) is 3.03. The topological polar surface area (TPSA) is 38.9 Å². The molecule has 4 heteroatoms. The fourth-order valence-electron chi connectivity index (χ4n) is 0.883. The molecule has 3 nitrogen and oxygen atoms in total. The lowest BCUT2D eigenvalue weighted by Gasteiger charge is -1.95. The number of halogens is 1. The minimum absolute atomic E-state index is 0.530. The van der Waals surface area contributed by atoms with Crippen molar-refractivity contribution in [1.82, 2.24) is 9.97 Å². The Hall–Kier alpha value is -1.16. The molecule has 0 amide bonds. The lowest BCUT2D eigenvalue weighted by atomic mass is 10.3. The van der Waals surface area contributed by atoms with Gasteiger partial charge in [-0.3, -0.25) is 0 Å². The van der Waals surface area contributed by atoms with Crippen LogP contribution in [0.15, 0.2) is 39.7 Å². The zero-order chi connectivity index (χ0) is 8.39. The first kappa shape index (κ1) is 7.49. The van der Waals surface area contributed by atoms with Crippen molar-refractivity contribution in [3.05, 3.63) is 35.3 Å². The molecule has 0 spiro atoms. The smallest absolute Gasteiger partial charge is 0.246 e. The third-order valence-corrected chi connectivity index (χ3v) is 2.03. The van der Waals surface area contributed by atoms with E-state index in [1.165, 1.54) is 6.26 Å². The molecule has 0 N–H and O–H groups in total. The summed E-state index contributed by atoms with van der Waals surface area (Å²) in [5.74, 6) is 0.530. The summed E-state index contributed by atoms with van der Waals surface area (Å²) in [5, 5.41) is 0. The van der Waals surface area contributed by atoms with Crippen LogP contribution in [0.3, 0.4) is 0 Å². The Kier molecular flexibility index (Phi) is 1.91. The maximum Gasteiger partial charge on any atom is 0.246 e. The van der Waals surface area contributed by atoms with E-state index in [0.29, 0.717) is 5.89 Å². The lowest BCUT2D eigenvalue weighted by Crippen LogP contribution is -1.83. The molecule has 0 aliphatic carbocycles. The summed E-state index contributed by atoms with van der Waals surface area (Å²) >= 11 is 3.36. The van der Waals surface area contributed by atoms with E-state index in [-0.39, 0.29) is 0 Å². The Labute approximate surface area is 77.6 Å². The highest BCUT2D eigenvalue weighted by Gasteiger charge is 2.06. The molecule has 0 atom stereocenters. The van der Waals surface area contributed by atoms with Gasteiger partial charge in [-0.05, 0) is 28.1 Å². The molecule has 0 aliphatic heterocycles. The van der Waals surface area contributed by atoms with Gasteiger partial charge in [0.1, 0.15) is 12.0 Å². The van der Waals surface area contributed by atoms with Gasteiger partial charge in [0.25, 0.3) is 0 Å². The van der Waals surface area contributed by atoms with Crippen molar-refractivity contribution in [2.45, 2.75) is 0 Å². The van der Waals surface area contributed by atoms with Crippen LogP contribution in [-0.2, 0) is 0 Å². The number of rotatable bonds is 1. The average Bonchev–Trinajstić information content (AvgIpc) is 2.57. The molecule has 2 heterocycles. The summed E-state index contributed by atoms with van der Waals surface area (Å²) in [7, 11) is 0. The Morgan fingerprint density at radius 3 is 2.83 bits per heavy atom. The van der Waals surface area contributed by atoms with Crippen molar-refractivity contribution in [3.8, 4) is 11.6 Å². The van der Waals surface area contributed by atoms with Crippen molar-refractivity contribution in [3.63, 3.8) is 0 Å². The predicted molar refractivity (Wildman–Crippen MR) is 47.4 cm³/mol. The molecule has 2 aromatic rings. The summed E-state index contributed by atoms with van der Waals surface area (Å²) in [6.07, 6.45) is 4.82. The van der Waals surface area contributed by atoms with Gasteiger partial charge in [-0.25, -0.2) is 9.97 Å². The van der Waals surface area contributed by atoms with E-state index >= 15 is 0 Å². The molecule has 0 fully saturated rings. The summed E-state index contributed by atoms with van der Waals surface area (Å²) in [4.78, 5) is 8.11. The molecule has 60 valence electrons. The van der Waals surface area contributed by atoms with Gasteiger partial charge in [0, 0.05) is 10.7 Å². The number of hydrogen-bond acceptors (Lipinski definition) is 3. The third-order valence-electron chi connectivity index (χ3n) is 1.39. The molecule has 0 unspecified atom stereocenters. The van der Waals surface area contributed by atoms with Crippen molar-refractivity contribution in [2.75, 3.05) is 0 Å². The molecule has 12 heavy (non-hydrogen) atoms. The summed E-state index contributed by atoms with van der Waals surface area (Å²) in [6, 6.07) is 3.74. The average molecular weight is 225 g/mol. The van der Waals surface area contributed by atoms with Crippen LogP contribution < -0.4 is 0 Å². The standard InChI is InChI=1S/C8H5BrN2O/c9-6-2-1-3-10-7(6)8-11-4-5-12-8/h1-5H. The molecule has 0 aromatic carbocycles. The quantitative estimate of drug-likeness (QED) is 0.748. The maximum absolute atomic E-state index is 5.10. The minimum Gasteiger partial charge on any atom is -0.443 e. The van der Waals surface area contributed by atoms with Gasteiger partial charge in [-0.2, -0.15) is 0 Å². The second-order valence-electron chi connectivity index (χ2n) is 2.17. The van der Waals surface area contributed by atoms with Gasteiger partial charge < -0.3 is 4.42 Å². The minimum atomic E-state index is 0.530. The highest BCUT2D eigenvalue weighted by molar-refractivity contribution is 9.10. The first-order valence-corrected chi connectivity index (χ1v) is 4.17. The van der Waals surface area contributed by atoms with Gasteiger partial charge in [0.2, 0.25) is 5.89 Å². The molecular formula is C8H5BrN2O. The molecule has 0 aliphatic rings. The van der Waals surface area contributed by atoms with Crippen LogP contribution >= 0.6 is 15.9 Å². The van der Waals surface area contributed by atoms with Crippen molar-refractivity contribution in [2.24, 2.45) is 0 Å². The van der Waals surface area contributed by atoms with Gasteiger partial charge >= 0.3 is 0 Å². The molecule has 0 bridgehead atoms. The molecule has 0 saturated carbocycles. The number of pyridine rings is 1. The largest absolute Gasteiger partial charge is 0.443 e. The fourth-order valence-corrected chi connectivity index (χ4v) is 1.31. The van der Waals surface area contributed by atoms with Crippen LogP contribution in [0.5, 0.6) is 0 Å². The van der Waals surface area contributed by atoms with Gasteiger partial charge in [-0.15, -0.1) is 0 Å². The van der Waals surface area contributed by atoms with E-state index in [9.17, 15) is 0 Å². The van der Waals surface area contributed by atoms with Gasteiger partial charge in [0.15, 0.2) is 0 Å². The van der Waals surface area contributed by atoms with Crippen LogP contribution in [0.1, 0.15) is 0 Å². The van der Waals surface area contributed by atoms with Crippen LogP contribution in [0, 0.1) is 0 Å². The molecule has 2 rings (SSSR count). The lowest BCUT2D eigenvalue weighted by molar-refractivity contribution is 0.571. The van der Waals surface area contributed by atoms with Gasteiger partial charge in [0.05, 0.1) is 6.20 Å². The number of oxazole rings is 1. The first-order valence-electron chi connectivity index (χ1n) is 3.38. The van der Waals surface area contributed by atoms with Crippen molar-refractivity contribution >= 4 is 15.9 Å². The summed E-state index contributed by atoms with van der Waals surface area (Å²) < 4.78 is 5.98. The van der Waals surface area contributed by atoms with Crippen LogP contribution in [-0.4, -0.2) is 9.97 Å². The van der Waals surface area contributed by atoms with E-state index in [2.05, 4.69) is 25.9 Å². The molecule has 0 saturated heterocycles. The Balaban J connectivity index is 2.55. The predicted octanol–water partition coefficient (Wildman–Crippen LogP) is 2.50. The maximum atomic E-state index is 5.10. The van der Waals surface area contributed by atoms with E-state index in [1.54, 1.807) is 12.4 Å². The fraction of sp³-hybridized carbons (Fsp3) is 0. The van der Waals surface area contributed by atoms with Crippen LogP contribution in [0.4, 0.5) is 0 Å². The zero-order valence-electron chi connectivity index (χ0n) is 6.07. The Bertz CT molecular complexity index is 372. The van der Waals surface area contributed by atoms with Crippen molar-refractivity contribution < 1.29 is 4.42 Å². The number of nitrogens with zero attached hydrogens (tertiary/aromatic N) is 2. The Morgan fingerprint density at radius 2 is 2.17 bits per heavy atom. The summed E-state index contributed by atoms with van der Waals surface area (Å²) in [6.45, 7) is 0. The van der Waals surface area contributed by atoms with E-state index in [4.69, 9.17) is 4.42 Å². The van der Waals surface area contributed by atoms with Crippen molar-refractivity contribution in [1.29, 1.82) is 0 Å². The summed E-state index contributed by atoms with van der Waals surface area (Å²) in [5.41, 5.74) is 0.725. The third kappa shape index (κ3) is 1.25. The normalized spacial score (nSPS) is 10.1. The van der Waals surface area contributed by atoms with E-state index in [1.807, 2.05) is 12.1 Å². The zero-order valence-corrected chi connectivity index (χ0v) is 7.65. The van der Waals surface area contributed by atoms with Gasteiger partial charge in [-0.1, -0.05) is 0 Å². The highest BCUT2D eigenvalue weighted by Crippen LogP contribution is 2.23.